The first kappa shape index (κ1) is 28.2. The Morgan fingerprint density at radius 3 is 1.63 bits per heavy atom. The quantitative estimate of drug-likeness (QED) is 0.141. The van der Waals surface area contributed by atoms with Crippen LogP contribution in [0.4, 0.5) is 0 Å². The number of aromatic nitrogens is 2. The lowest BCUT2D eigenvalue weighted by Crippen LogP contribution is -1.97. The zero-order valence-electron chi connectivity index (χ0n) is 27.9. The molecule has 0 aliphatic rings. The third kappa shape index (κ3) is 4.03. The summed E-state index contributed by atoms with van der Waals surface area (Å²) in [5.41, 5.74) is 9.88. The van der Waals surface area contributed by atoms with E-state index in [1.54, 1.807) is 0 Å². The first-order chi connectivity index (χ1) is 25.2. The van der Waals surface area contributed by atoms with Crippen molar-refractivity contribution in [2.45, 2.75) is 6.92 Å². The molecule has 2 heterocycles. The third-order valence-electron chi connectivity index (χ3n) is 10.7. The molecular weight excluding hydrogens is 621 g/mol. The molecule has 0 aliphatic heterocycles. The van der Waals surface area contributed by atoms with E-state index < -0.39 is 0 Å². The van der Waals surface area contributed by atoms with Gasteiger partial charge in [-0.25, -0.2) is 4.98 Å². The van der Waals surface area contributed by atoms with Gasteiger partial charge in [-0.1, -0.05) is 127 Å². The van der Waals surface area contributed by atoms with Crippen LogP contribution in [-0.2, 0) is 0 Å². The van der Waals surface area contributed by atoms with Crippen LogP contribution < -0.4 is 0 Å². The molecule has 0 N–H and O–H groups in total. The molecule has 0 fully saturated rings. The van der Waals surface area contributed by atoms with E-state index >= 15 is 0 Å². The molecule has 0 bridgehead atoms. The lowest BCUT2D eigenvalue weighted by Gasteiger charge is -2.18. The van der Waals surface area contributed by atoms with Gasteiger partial charge in [0.15, 0.2) is 0 Å². The van der Waals surface area contributed by atoms with Gasteiger partial charge in [0, 0.05) is 21.8 Å². The van der Waals surface area contributed by atoms with E-state index in [1.807, 2.05) is 6.07 Å². The summed E-state index contributed by atoms with van der Waals surface area (Å²) in [6, 6.07) is 59.0. The van der Waals surface area contributed by atoms with Gasteiger partial charge >= 0.3 is 0 Å². The van der Waals surface area contributed by atoms with Gasteiger partial charge < -0.3 is 4.42 Å². The van der Waals surface area contributed by atoms with Crippen molar-refractivity contribution >= 4 is 76.1 Å². The summed E-state index contributed by atoms with van der Waals surface area (Å²) in [6.07, 6.45) is 0. The Morgan fingerprint density at radius 1 is 0.451 bits per heavy atom. The van der Waals surface area contributed by atoms with E-state index in [2.05, 4.69) is 169 Å². The summed E-state index contributed by atoms with van der Waals surface area (Å²) < 4.78 is 9.06. The van der Waals surface area contributed by atoms with Gasteiger partial charge in [-0.3, -0.25) is 4.57 Å². The predicted molar refractivity (Wildman–Crippen MR) is 214 cm³/mol. The number of nitrogens with zero attached hydrogens (tertiary/aromatic N) is 2. The van der Waals surface area contributed by atoms with Crippen molar-refractivity contribution in [2.24, 2.45) is 0 Å². The van der Waals surface area contributed by atoms with Crippen LogP contribution in [0.25, 0.3) is 104 Å². The standard InChI is InChI=1S/C48H30N2O/c1-29-49-42-20-10-11-21-43(42)50(29)32-25-22-30(23-26-32)45-36-15-5-7-17-38(36)46(39-18-8-6-16-37(39)45)31-24-27-41-44(28-31)51-48-40-19-9-3-13-34(40)33-12-2-4-14-35(33)47(41)48/h2-28H,1H3. The van der Waals surface area contributed by atoms with Gasteiger partial charge in [0.25, 0.3) is 0 Å². The summed E-state index contributed by atoms with van der Waals surface area (Å²) in [5.74, 6) is 0.979. The second-order valence-electron chi connectivity index (χ2n) is 13.5. The maximum Gasteiger partial charge on any atom is 0.143 e. The monoisotopic (exact) mass is 650 g/mol. The summed E-state index contributed by atoms with van der Waals surface area (Å²) in [4.78, 5) is 4.80. The SMILES string of the molecule is Cc1nc2ccccc2n1-c1ccc(-c2c3ccccc3c(-c3ccc4c(c3)oc3c5ccccc5c5ccccc5c43)c3ccccc23)cc1. The van der Waals surface area contributed by atoms with Crippen molar-refractivity contribution in [3.05, 3.63) is 170 Å². The number of benzene rings is 9. The van der Waals surface area contributed by atoms with Crippen molar-refractivity contribution in [1.82, 2.24) is 9.55 Å². The summed E-state index contributed by atoms with van der Waals surface area (Å²) in [5, 5.41) is 12.0. The molecule has 0 atom stereocenters. The highest BCUT2D eigenvalue weighted by atomic mass is 16.3. The third-order valence-corrected chi connectivity index (χ3v) is 10.7. The van der Waals surface area contributed by atoms with Crippen LogP contribution in [0.15, 0.2) is 168 Å². The molecule has 9 aromatic carbocycles. The fraction of sp³-hybridized carbons (Fsp3) is 0.0208. The normalized spacial score (nSPS) is 12.0. The molecule has 0 radical (unpaired) electrons. The van der Waals surface area contributed by atoms with Gasteiger partial charge in [0.2, 0.25) is 0 Å². The molecule has 2 aromatic heterocycles. The molecule has 0 saturated carbocycles. The highest BCUT2D eigenvalue weighted by molar-refractivity contribution is 6.30. The van der Waals surface area contributed by atoms with Crippen LogP contribution in [0.1, 0.15) is 5.82 Å². The fourth-order valence-corrected chi connectivity index (χ4v) is 8.56. The molecule has 0 amide bonds. The van der Waals surface area contributed by atoms with Crippen LogP contribution in [0, 0.1) is 6.92 Å². The van der Waals surface area contributed by atoms with Gasteiger partial charge in [-0.05, 0) is 103 Å². The predicted octanol–water partition coefficient (Wildman–Crippen LogP) is 13.2. The molecule has 11 rings (SSSR count). The largest absolute Gasteiger partial charge is 0.455 e. The van der Waals surface area contributed by atoms with E-state index in [1.165, 1.54) is 59.8 Å². The van der Waals surface area contributed by atoms with Crippen LogP contribution in [0.5, 0.6) is 0 Å². The average Bonchev–Trinajstić information content (AvgIpc) is 3.74. The summed E-state index contributed by atoms with van der Waals surface area (Å²) in [7, 11) is 0. The molecular formula is C48H30N2O. The topological polar surface area (TPSA) is 31.0 Å². The minimum atomic E-state index is 0.902. The van der Waals surface area contributed by atoms with E-state index in [0.29, 0.717) is 0 Å². The Labute approximate surface area is 293 Å². The maximum atomic E-state index is 6.82. The molecule has 3 heteroatoms. The van der Waals surface area contributed by atoms with Gasteiger partial charge in [0.05, 0.1) is 11.0 Å². The van der Waals surface area contributed by atoms with E-state index in [9.17, 15) is 0 Å². The minimum Gasteiger partial charge on any atom is -0.455 e. The molecule has 0 spiro atoms. The number of imidazole rings is 1. The lowest BCUT2D eigenvalue weighted by molar-refractivity contribution is 0.673. The smallest absolute Gasteiger partial charge is 0.143 e. The molecule has 0 saturated heterocycles. The number of rotatable bonds is 3. The van der Waals surface area contributed by atoms with E-state index in [-0.39, 0.29) is 0 Å². The Bertz CT molecular complexity index is 3140. The van der Waals surface area contributed by atoms with E-state index in [0.717, 1.165) is 50.0 Å². The number of hydrogen-bond donors (Lipinski definition) is 0. The summed E-state index contributed by atoms with van der Waals surface area (Å²) in [6.45, 7) is 2.07. The number of aryl methyl sites for hydroxylation is 1. The highest BCUT2D eigenvalue weighted by Crippen LogP contribution is 2.46. The Kier molecular flexibility index (Phi) is 5.88. The van der Waals surface area contributed by atoms with Crippen LogP contribution in [-0.4, -0.2) is 9.55 Å². The fourth-order valence-electron chi connectivity index (χ4n) is 8.56. The molecule has 0 unspecified atom stereocenters. The zero-order chi connectivity index (χ0) is 33.6. The highest BCUT2D eigenvalue weighted by Gasteiger charge is 2.20. The molecule has 51 heavy (non-hydrogen) atoms. The first-order valence-corrected chi connectivity index (χ1v) is 17.5. The van der Waals surface area contributed by atoms with Crippen molar-refractivity contribution in [2.75, 3.05) is 0 Å². The Balaban J connectivity index is 1.14. The van der Waals surface area contributed by atoms with Crippen molar-refractivity contribution in [3.63, 3.8) is 0 Å². The molecule has 238 valence electrons. The maximum absolute atomic E-state index is 6.82. The first-order valence-electron chi connectivity index (χ1n) is 17.5. The lowest BCUT2D eigenvalue weighted by atomic mass is 9.86. The molecule has 11 aromatic rings. The van der Waals surface area contributed by atoms with Crippen molar-refractivity contribution in [1.29, 1.82) is 0 Å². The van der Waals surface area contributed by atoms with Gasteiger partial charge in [-0.15, -0.1) is 0 Å². The number of para-hydroxylation sites is 2. The average molecular weight is 651 g/mol. The number of hydrogen-bond acceptors (Lipinski definition) is 2. The minimum absolute atomic E-state index is 0.902. The van der Waals surface area contributed by atoms with Crippen LogP contribution in [0.2, 0.25) is 0 Å². The van der Waals surface area contributed by atoms with Crippen molar-refractivity contribution < 1.29 is 4.42 Å². The van der Waals surface area contributed by atoms with Crippen molar-refractivity contribution in [3.8, 4) is 27.9 Å². The number of fused-ring (bicyclic) bond motifs is 11. The second-order valence-corrected chi connectivity index (χ2v) is 13.5. The van der Waals surface area contributed by atoms with Crippen LogP contribution in [0.3, 0.4) is 0 Å². The zero-order valence-corrected chi connectivity index (χ0v) is 27.9. The molecule has 0 aliphatic carbocycles. The van der Waals surface area contributed by atoms with Gasteiger partial charge in [0.1, 0.15) is 17.0 Å². The summed E-state index contributed by atoms with van der Waals surface area (Å²) >= 11 is 0. The van der Waals surface area contributed by atoms with Gasteiger partial charge in [-0.2, -0.15) is 0 Å². The molecule has 3 nitrogen and oxygen atoms in total. The van der Waals surface area contributed by atoms with Crippen LogP contribution >= 0.6 is 0 Å². The second kappa shape index (κ2) is 10.6. The Morgan fingerprint density at radius 2 is 0.961 bits per heavy atom. The number of furan rings is 1. The Hall–Kier alpha value is -6.71. The van der Waals surface area contributed by atoms with E-state index in [4.69, 9.17) is 9.40 Å².